The van der Waals surface area contributed by atoms with Gasteiger partial charge in [0, 0.05) is 26.4 Å². The number of carbonyl (C=O) groups excluding carboxylic acids is 2. The monoisotopic (exact) mass is 436 g/mol. The lowest BCUT2D eigenvalue weighted by Crippen LogP contribution is -2.40. The van der Waals surface area contributed by atoms with Gasteiger partial charge in [0.15, 0.2) is 5.69 Å². The molecule has 3 saturated carbocycles. The molecule has 7 nitrogen and oxygen atoms in total. The number of carbonyl (C=O) groups is 2. The number of fused-ring (bicyclic) bond motifs is 2. The van der Waals surface area contributed by atoms with Crippen LogP contribution in [-0.4, -0.2) is 59.2 Å². The van der Waals surface area contributed by atoms with E-state index in [9.17, 15) is 9.59 Å². The predicted molar refractivity (Wildman–Crippen MR) is 119 cm³/mol. The average molecular weight is 437 g/mol. The number of amides is 2. The van der Waals surface area contributed by atoms with Crippen LogP contribution < -0.4 is 5.32 Å². The van der Waals surface area contributed by atoms with Crippen molar-refractivity contribution in [1.29, 1.82) is 0 Å². The van der Waals surface area contributed by atoms with Crippen LogP contribution in [0.3, 0.4) is 0 Å². The second-order valence-corrected chi connectivity index (χ2v) is 11.1. The van der Waals surface area contributed by atoms with Gasteiger partial charge < -0.3 is 15.0 Å². The smallest absolute Gasteiger partial charge is 0.274 e. The maximum absolute atomic E-state index is 13.2. The molecule has 0 aromatic carbocycles. The van der Waals surface area contributed by atoms with E-state index in [1.54, 1.807) is 28.7 Å². The molecule has 2 aromatic rings. The Bertz CT molecular complexity index is 1090. The van der Waals surface area contributed by atoms with E-state index in [0.29, 0.717) is 35.4 Å². The molecule has 1 N–H and O–H groups in total. The summed E-state index contributed by atoms with van der Waals surface area (Å²) in [5, 5.41) is 7.72. The van der Waals surface area contributed by atoms with Crippen molar-refractivity contribution in [2.24, 2.45) is 22.7 Å². The van der Waals surface area contributed by atoms with Gasteiger partial charge in [-0.25, -0.2) is 4.52 Å². The van der Waals surface area contributed by atoms with E-state index in [4.69, 9.17) is 4.74 Å². The molecular formula is C25H32N4O3. The van der Waals surface area contributed by atoms with E-state index in [2.05, 4.69) is 17.3 Å². The highest BCUT2D eigenvalue weighted by Crippen LogP contribution is 2.75. The van der Waals surface area contributed by atoms with Gasteiger partial charge in [-0.2, -0.15) is 5.10 Å². The summed E-state index contributed by atoms with van der Waals surface area (Å²) in [6, 6.07) is 5.46. The highest BCUT2D eigenvalue weighted by atomic mass is 16.5. The lowest BCUT2D eigenvalue weighted by Gasteiger charge is -2.40. The Morgan fingerprint density at radius 2 is 2.19 bits per heavy atom. The molecule has 2 bridgehead atoms. The maximum Gasteiger partial charge on any atom is 0.274 e. The van der Waals surface area contributed by atoms with Crippen LogP contribution in [-0.2, 0) is 4.74 Å². The highest BCUT2D eigenvalue weighted by Gasteiger charge is 2.67. The van der Waals surface area contributed by atoms with Crippen LogP contribution in [0.5, 0.6) is 0 Å². The Labute approximate surface area is 188 Å². The van der Waals surface area contributed by atoms with Crippen LogP contribution in [0.4, 0.5) is 0 Å². The zero-order valence-electron chi connectivity index (χ0n) is 19.0. The fraction of sp³-hybridized carbons (Fsp3) is 0.640. The Morgan fingerprint density at radius 1 is 1.31 bits per heavy atom. The summed E-state index contributed by atoms with van der Waals surface area (Å²) in [6.45, 7) is 4.37. The number of pyridine rings is 1. The summed E-state index contributed by atoms with van der Waals surface area (Å²) in [5.74, 6) is 1.43. The second kappa shape index (κ2) is 7.04. The summed E-state index contributed by atoms with van der Waals surface area (Å²) < 4.78 is 7.05. The fourth-order valence-electron chi connectivity index (χ4n) is 7.32. The fourth-order valence-corrected chi connectivity index (χ4v) is 7.32. The van der Waals surface area contributed by atoms with Crippen molar-refractivity contribution in [2.45, 2.75) is 51.5 Å². The number of likely N-dealkylation sites (N-methyl/N-ethyl adjacent to an activating group) is 1. The van der Waals surface area contributed by atoms with Gasteiger partial charge in [-0.05, 0) is 79.4 Å². The summed E-state index contributed by atoms with van der Waals surface area (Å²) >= 11 is 0. The van der Waals surface area contributed by atoms with Crippen molar-refractivity contribution in [3.05, 3.63) is 35.7 Å². The molecule has 4 fully saturated rings. The Kier molecular flexibility index (Phi) is 4.45. The van der Waals surface area contributed by atoms with E-state index < -0.39 is 0 Å². The Hall–Kier alpha value is -2.41. The van der Waals surface area contributed by atoms with E-state index in [1.807, 2.05) is 12.1 Å². The number of ether oxygens (including phenoxy) is 1. The third-order valence-corrected chi connectivity index (χ3v) is 8.67. The van der Waals surface area contributed by atoms with Gasteiger partial charge in [0.25, 0.3) is 11.8 Å². The first-order chi connectivity index (χ1) is 15.4. The zero-order valence-corrected chi connectivity index (χ0v) is 19.0. The van der Waals surface area contributed by atoms with E-state index in [-0.39, 0.29) is 23.3 Å². The summed E-state index contributed by atoms with van der Waals surface area (Å²) in [7, 11) is 1.79. The van der Waals surface area contributed by atoms with Crippen LogP contribution in [0.15, 0.2) is 24.4 Å². The van der Waals surface area contributed by atoms with Gasteiger partial charge in [0.2, 0.25) is 0 Å². The normalized spacial score (nSPS) is 35.0. The molecule has 2 aromatic heterocycles. The zero-order chi connectivity index (χ0) is 22.1. The SMILES string of the molecule is CC1CC2(CNC(=O)c3cccn4nc(C(=O)N(C)C5CCOC5)cc34)CC3CC3(C1)C2. The third kappa shape index (κ3) is 3.16. The first kappa shape index (κ1) is 20.2. The topological polar surface area (TPSA) is 75.9 Å². The van der Waals surface area contributed by atoms with Crippen molar-refractivity contribution in [3.63, 3.8) is 0 Å². The molecule has 5 atom stereocenters. The second-order valence-electron chi connectivity index (χ2n) is 11.1. The van der Waals surface area contributed by atoms with Crippen molar-refractivity contribution in [2.75, 3.05) is 26.8 Å². The molecule has 3 heterocycles. The minimum atomic E-state index is -0.138. The minimum Gasteiger partial charge on any atom is -0.379 e. The van der Waals surface area contributed by atoms with Gasteiger partial charge in [0.1, 0.15) is 0 Å². The van der Waals surface area contributed by atoms with Crippen molar-refractivity contribution in [3.8, 4) is 0 Å². The molecule has 1 spiro atoms. The summed E-state index contributed by atoms with van der Waals surface area (Å²) in [5.41, 5.74) is 2.47. The number of rotatable bonds is 5. The average Bonchev–Trinajstić information content (AvgIpc) is 3.23. The molecule has 1 aliphatic heterocycles. The minimum absolute atomic E-state index is 0.0747. The molecule has 3 aliphatic carbocycles. The van der Waals surface area contributed by atoms with Gasteiger partial charge in [-0.3, -0.25) is 9.59 Å². The Balaban J connectivity index is 1.20. The Morgan fingerprint density at radius 3 is 3.00 bits per heavy atom. The van der Waals surface area contributed by atoms with Gasteiger partial charge in [0.05, 0.1) is 23.7 Å². The van der Waals surface area contributed by atoms with Crippen LogP contribution in [0, 0.1) is 22.7 Å². The standard InChI is InChI=1S/C25H32N4O3/c1-16-9-24(11-17-12-25(17,10-16)14-24)15-26-22(30)19-4-3-6-29-21(19)8-20(27-29)23(31)28(2)18-5-7-32-13-18/h3-4,6,8,16-18H,5,7,9-15H2,1-2H3,(H,26,30). The lowest BCUT2D eigenvalue weighted by atomic mass is 9.67. The number of aromatic nitrogens is 2. The largest absolute Gasteiger partial charge is 0.379 e. The molecule has 4 aliphatic rings. The van der Waals surface area contributed by atoms with Crippen molar-refractivity contribution in [1.82, 2.24) is 19.8 Å². The first-order valence-electron chi connectivity index (χ1n) is 12.0. The maximum atomic E-state index is 13.2. The highest BCUT2D eigenvalue weighted by molar-refractivity contribution is 6.02. The van der Waals surface area contributed by atoms with Crippen LogP contribution in [0.1, 0.15) is 66.3 Å². The van der Waals surface area contributed by atoms with Gasteiger partial charge in [-0.15, -0.1) is 0 Å². The number of nitrogens with one attached hydrogen (secondary N) is 1. The number of hydrogen-bond donors (Lipinski definition) is 1. The lowest BCUT2D eigenvalue weighted by molar-refractivity contribution is 0.0705. The first-order valence-corrected chi connectivity index (χ1v) is 12.0. The third-order valence-electron chi connectivity index (χ3n) is 8.67. The number of nitrogens with zero attached hydrogens (tertiary/aromatic N) is 3. The molecule has 6 rings (SSSR count). The quantitative estimate of drug-likeness (QED) is 0.781. The van der Waals surface area contributed by atoms with E-state index in [1.165, 1.54) is 32.1 Å². The van der Waals surface area contributed by atoms with E-state index in [0.717, 1.165) is 24.8 Å². The van der Waals surface area contributed by atoms with Crippen LogP contribution >= 0.6 is 0 Å². The molecule has 7 heteroatoms. The summed E-state index contributed by atoms with van der Waals surface area (Å²) in [6.07, 6.45) is 9.18. The van der Waals surface area contributed by atoms with Crippen molar-refractivity contribution >= 4 is 17.3 Å². The molecule has 1 saturated heterocycles. The van der Waals surface area contributed by atoms with Crippen molar-refractivity contribution < 1.29 is 14.3 Å². The van der Waals surface area contributed by atoms with Gasteiger partial charge in [-0.1, -0.05) is 6.92 Å². The van der Waals surface area contributed by atoms with E-state index >= 15 is 0 Å². The molecule has 170 valence electrons. The molecule has 0 radical (unpaired) electrons. The molecular weight excluding hydrogens is 404 g/mol. The molecule has 5 unspecified atom stereocenters. The number of hydrogen-bond acceptors (Lipinski definition) is 4. The molecule has 32 heavy (non-hydrogen) atoms. The summed E-state index contributed by atoms with van der Waals surface area (Å²) in [4.78, 5) is 27.9. The van der Waals surface area contributed by atoms with Crippen LogP contribution in [0.25, 0.3) is 5.52 Å². The van der Waals surface area contributed by atoms with Crippen LogP contribution in [0.2, 0.25) is 0 Å². The molecule has 2 amide bonds. The predicted octanol–water partition coefficient (Wildman–Crippen LogP) is 3.14. The van der Waals surface area contributed by atoms with Gasteiger partial charge >= 0.3 is 0 Å².